The summed E-state index contributed by atoms with van der Waals surface area (Å²) >= 11 is 1.81. The van der Waals surface area contributed by atoms with Crippen molar-refractivity contribution in [3.05, 3.63) is 21.9 Å². The number of rotatable bonds is 7. The number of nitrogens with one attached hydrogen (secondary N) is 1. The van der Waals surface area contributed by atoms with Gasteiger partial charge in [-0.25, -0.2) is 8.42 Å². The van der Waals surface area contributed by atoms with Gasteiger partial charge in [0.15, 0.2) is 0 Å². The van der Waals surface area contributed by atoms with E-state index in [2.05, 4.69) is 24.4 Å². The van der Waals surface area contributed by atoms with E-state index in [-0.39, 0.29) is 11.8 Å². The van der Waals surface area contributed by atoms with Crippen molar-refractivity contribution in [3.8, 4) is 0 Å². The van der Waals surface area contributed by atoms with E-state index in [1.165, 1.54) is 16.0 Å². The van der Waals surface area contributed by atoms with E-state index in [4.69, 9.17) is 0 Å². The summed E-state index contributed by atoms with van der Waals surface area (Å²) in [5.74, 6) is 0.275. The second-order valence-corrected chi connectivity index (χ2v) is 7.73. The van der Waals surface area contributed by atoms with Gasteiger partial charge in [0.25, 0.3) is 0 Å². The number of sulfone groups is 1. The first-order chi connectivity index (χ1) is 7.96. The minimum Gasteiger partial charge on any atom is -0.312 e. The molecule has 0 saturated heterocycles. The van der Waals surface area contributed by atoms with Crippen LogP contribution in [-0.2, 0) is 16.3 Å². The first-order valence-electron chi connectivity index (χ1n) is 5.90. The van der Waals surface area contributed by atoms with Crippen molar-refractivity contribution in [2.24, 2.45) is 0 Å². The van der Waals surface area contributed by atoms with Crippen molar-refractivity contribution in [3.63, 3.8) is 0 Å². The summed E-state index contributed by atoms with van der Waals surface area (Å²) < 4.78 is 22.1. The average Bonchev–Trinajstić information content (AvgIpc) is 2.71. The second-order valence-electron chi connectivity index (χ2n) is 4.27. The molecule has 0 fully saturated rings. The predicted octanol–water partition coefficient (Wildman–Crippen LogP) is 2.40. The van der Waals surface area contributed by atoms with Crippen LogP contribution < -0.4 is 5.32 Å². The molecule has 0 amide bonds. The summed E-state index contributed by atoms with van der Waals surface area (Å²) in [5, 5.41) is 3.26. The molecule has 0 radical (unpaired) electrons. The maximum absolute atomic E-state index is 11.1. The van der Waals surface area contributed by atoms with Gasteiger partial charge in [-0.05, 0) is 38.4 Å². The van der Waals surface area contributed by atoms with Crippen molar-refractivity contribution >= 4 is 21.2 Å². The summed E-state index contributed by atoms with van der Waals surface area (Å²) in [7, 11) is -0.907. The lowest BCUT2D eigenvalue weighted by atomic mass is 10.1. The fourth-order valence-corrected chi connectivity index (χ4v) is 3.54. The van der Waals surface area contributed by atoms with Gasteiger partial charge < -0.3 is 5.32 Å². The molecule has 1 aromatic heterocycles. The Hall–Kier alpha value is -0.390. The highest BCUT2D eigenvalue weighted by Crippen LogP contribution is 2.26. The Morgan fingerprint density at radius 1 is 1.41 bits per heavy atom. The number of aryl methyl sites for hydroxylation is 1. The van der Waals surface area contributed by atoms with Crippen LogP contribution in [0.4, 0.5) is 0 Å². The second kappa shape index (κ2) is 6.52. The van der Waals surface area contributed by atoms with Crippen molar-refractivity contribution in [2.75, 3.05) is 19.1 Å². The monoisotopic (exact) mass is 275 g/mol. The van der Waals surface area contributed by atoms with Crippen LogP contribution in [0.5, 0.6) is 0 Å². The minimum atomic E-state index is -2.83. The number of hydrogen-bond acceptors (Lipinski definition) is 4. The zero-order chi connectivity index (χ0) is 12.9. The molecule has 1 atom stereocenters. The lowest BCUT2D eigenvalue weighted by Gasteiger charge is -2.13. The van der Waals surface area contributed by atoms with E-state index in [1.807, 2.05) is 18.4 Å². The third kappa shape index (κ3) is 5.19. The van der Waals surface area contributed by atoms with Crippen molar-refractivity contribution in [1.29, 1.82) is 0 Å². The van der Waals surface area contributed by atoms with Crippen molar-refractivity contribution in [2.45, 2.75) is 32.2 Å². The molecule has 0 spiro atoms. The Morgan fingerprint density at radius 2 is 2.12 bits per heavy atom. The quantitative estimate of drug-likeness (QED) is 0.831. The van der Waals surface area contributed by atoms with Crippen LogP contribution in [-0.4, -0.2) is 27.5 Å². The van der Waals surface area contributed by atoms with E-state index >= 15 is 0 Å². The van der Waals surface area contributed by atoms with Crippen LogP contribution >= 0.6 is 11.3 Å². The third-order valence-electron chi connectivity index (χ3n) is 2.73. The first-order valence-corrected chi connectivity index (χ1v) is 8.77. The first kappa shape index (κ1) is 14.7. The van der Waals surface area contributed by atoms with Crippen LogP contribution in [0.25, 0.3) is 0 Å². The lowest BCUT2D eigenvalue weighted by Crippen LogP contribution is -2.16. The smallest absolute Gasteiger partial charge is 0.147 e. The third-order valence-corrected chi connectivity index (χ3v) is 5.10. The van der Waals surface area contributed by atoms with Gasteiger partial charge in [-0.2, -0.15) is 0 Å². The van der Waals surface area contributed by atoms with Crippen LogP contribution in [0.3, 0.4) is 0 Å². The molecule has 0 aliphatic rings. The molecular formula is C12H21NO2S2. The zero-order valence-electron chi connectivity index (χ0n) is 10.7. The van der Waals surface area contributed by atoms with E-state index in [0.717, 1.165) is 12.8 Å². The molecule has 1 N–H and O–H groups in total. The predicted molar refractivity (Wildman–Crippen MR) is 74.4 cm³/mol. The molecule has 1 unspecified atom stereocenters. The van der Waals surface area contributed by atoms with Crippen molar-refractivity contribution in [1.82, 2.24) is 5.32 Å². The molecule has 0 saturated carbocycles. The normalized spacial score (nSPS) is 13.8. The van der Waals surface area contributed by atoms with Crippen LogP contribution in [0.2, 0.25) is 0 Å². The Labute approximate surface area is 108 Å². The number of hydrogen-bond donors (Lipinski definition) is 1. The highest BCUT2D eigenvalue weighted by molar-refractivity contribution is 7.90. The van der Waals surface area contributed by atoms with Gasteiger partial charge in [-0.3, -0.25) is 0 Å². The van der Waals surface area contributed by atoms with E-state index in [9.17, 15) is 8.42 Å². The zero-order valence-corrected chi connectivity index (χ0v) is 12.3. The molecule has 1 heterocycles. The molecule has 98 valence electrons. The lowest BCUT2D eigenvalue weighted by molar-refractivity contribution is 0.543. The number of thiophene rings is 1. The van der Waals surface area contributed by atoms with Crippen LogP contribution in [0.15, 0.2) is 12.1 Å². The summed E-state index contributed by atoms with van der Waals surface area (Å²) in [6.45, 7) is 2.15. The average molecular weight is 275 g/mol. The molecule has 0 aliphatic heterocycles. The minimum absolute atomic E-state index is 0.275. The molecule has 0 aliphatic carbocycles. The van der Waals surface area contributed by atoms with Gasteiger partial charge in [0.05, 0.1) is 0 Å². The molecule has 3 nitrogen and oxygen atoms in total. The SMILES string of the molecule is CCc1ccc(C(CCCS(C)(=O)=O)NC)s1. The van der Waals surface area contributed by atoms with Crippen LogP contribution in [0, 0.1) is 0 Å². The van der Waals surface area contributed by atoms with Crippen molar-refractivity contribution < 1.29 is 8.42 Å². The molecule has 1 rings (SSSR count). The fraction of sp³-hybridized carbons (Fsp3) is 0.667. The van der Waals surface area contributed by atoms with Gasteiger partial charge in [-0.1, -0.05) is 6.92 Å². The Bertz CT molecular complexity index is 437. The van der Waals surface area contributed by atoms with Gasteiger partial charge in [0.1, 0.15) is 9.84 Å². The Morgan fingerprint density at radius 3 is 2.59 bits per heavy atom. The Balaban J connectivity index is 2.54. The summed E-state index contributed by atoms with van der Waals surface area (Å²) in [6, 6.07) is 4.58. The highest BCUT2D eigenvalue weighted by atomic mass is 32.2. The van der Waals surface area contributed by atoms with E-state index < -0.39 is 9.84 Å². The molecule has 17 heavy (non-hydrogen) atoms. The van der Waals surface area contributed by atoms with E-state index in [0.29, 0.717) is 6.42 Å². The van der Waals surface area contributed by atoms with Gasteiger partial charge in [0.2, 0.25) is 0 Å². The Kier molecular flexibility index (Phi) is 5.62. The van der Waals surface area contributed by atoms with Gasteiger partial charge >= 0.3 is 0 Å². The summed E-state index contributed by atoms with van der Waals surface area (Å²) in [4.78, 5) is 2.68. The van der Waals surface area contributed by atoms with Gasteiger partial charge in [-0.15, -0.1) is 11.3 Å². The molecule has 1 aromatic rings. The molecule has 0 aromatic carbocycles. The maximum atomic E-state index is 11.1. The standard InChI is InChI=1S/C12H21NO2S2/c1-4-10-7-8-12(16-10)11(13-2)6-5-9-17(3,14)15/h7-8,11,13H,4-6,9H2,1-3H3. The maximum Gasteiger partial charge on any atom is 0.147 e. The summed E-state index contributed by atoms with van der Waals surface area (Å²) in [6.07, 6.45) is 3.93. The molecular weight excluding hydrogens is 254 g/mol. The van der Waals surface area contributed by atoms with Crippen LogP contribution in [0.1, 0.15) is 35.6 Å². The van der Waals surface area contributed by atoms with Gasteiger partial charge in [0, 0.05) is 27.8 Å². The molecule has 0 bridgehead atoms. The summed E-state index contributed by atoms with van der Waals surface area (Å²) in [5.41, 5.74) is 0. The molecule has 5 heteroatoms. The fourth-order valence-electron chi connectivity index (χ4n) is 1.75. The van der Waals surface area contributed by atoms with E-state index in [1.54, 1.807) is 0 Å². The topological polar surface area (TPSA) is 46.2 Å². The largest absolute Gasteiger partial charge is 0.312 e. The highest BCUT2D eigenvalue weighted by Gasteiger charge is 2.12.